The van der Waals surface area contributed by atoms with Gasteiger partial charge >= 0.3 is 0 Å². The molecule has 0 spiro atoms. The molecule has 106 valence electrons. The fourth-order valence-electron chi connectivity index (χ4n) is 2.64. The number of aliphatic hydroxyl groups is 1. The lowest BCUT2D eigenvalue weighted by molar-refractivity contribution is -0.139. The molecule has 4 nitrogen and oxygen atoms in total. The Labute approximate surface area is 111 Å². The van der Waals surface area contributed by atoms with Crippen LogP contribution in [-0.2, 0) is 4.79 Å². The summed E-state index contributed by atoms with van der Waals surface area (Å²) >= 11 is 0. The molecule has 0 heterocycles. The highest BCUT2D eigenvalue weighted by atomic mass is 16.3. The smallest absolute Gasteiger partial charge is 0.223 e. The van der Waals surface area contributed by atoms with E-state index in [0.29, 0.717) is 13.0 Å². The molecule has 0 radical (unpaired) electrons. The van der Waals surface area contributed by atoms with Crippen LogP contribution >= 0.6 is 0 Å². The van der Waals surface area contributed by atoms with Crippen LogP contribution in [0.5, 0.6) is 0 Å². The monoisotopic (exact) mass is 256 g/mol. The highest BCUT2D eigenvalue weighted by Gasteiger charge is 2.36. The summed E-state index contributed by atoms with van der Waals surface area (Å²) in [5.74, 6) is 0.0985. The normalized spacial score (nSPS) is 19.6. The van der Waals surface area contributed by atoms with Gasteiger partial charge < -0.3 is 15.7 Å². The van der Waals surface area contributed by atoms with Crippen molar-refractivity contribution >= 4 is 5.91 Å². The van der Waals surface area contributed by atoms with Gasteiger partial charge in [-0.3, -0.25) is 4.79 Å². The van der Waals surface area contributed by atoms with Crippen molar-refractivity contribution in [2.24, 2.45) is 11.1 Å². The number of likely N-dealkylation sites (N-methyl/N-ethyl adjacent to an activating group) is 1. The van der Waals surface area contributed by atoms with Crippen molar-refractivity contribution in [2.45, 2.75) is 57.9 Å². The van der Waals surface area contributed by atoms with Crippen molar-refractivity contribution in [2.75, 3.05) is 20.2 Å². The van der Waals surface area contributed by atoms with Gasteiger partial charge in [-0.2, -0.15) is 0 Å². The van der Waals surface area contributed by atoms with Crippen LogP contribution in [0.1, 0.15) is 52.4 Å². The molecule has 0 atom stereocenters. The maximum absolute atomic E-state index is 12.3. The van der Waals surface area contributed by atoms with E-state index in [-0.39, 0.29) is 17.9 Å². The number of hydrogen-bond acceptors (Lipinski definition) is 3. The molecule has 0 bridgehead atoms. The summed E-state index contributed by atoms with van der Waals surface area (Å²) in [6.45, 7) is 4.32. The lowest BCUT2D eigenvalue weighted by Gasteiger charge is -2.40. The van der Waals surface area contributed by atoms with E-state index < -0.39 is 5.54 Å². The van der Waals surface area contributed by atoms with Gasteiger partial charge in [-0.05, 0) is 38.6 Å². The molecular weight excluding hydrogens is 228 g/mol. The average molecular weight is 256 g/mol. The Bertz CT molecular complexity index is 284. The van der Waals surface area contributed by atoms with Crippen LogP contribution in [0.2, 0.25) is 0 Å². The zero-order chi connectivity index (χ0) is 13.8. The first kappa shape index (κ1) is 15.4. The predicted molar refractivity (Wildman–Crippen MR) is 73.1 cm³/mol. The molecule has 1 rings (SSSR count). The summed E-state index contributed by atoms with van der Waals surface area (Å²) in [6.07, 6.45) is 6.25. The number of hydrogen-bond donors (Lipinski definition) is 2. The van der Waals surface area contributed by atoms with E-state index in [0.717, 1.165) is 12.8 Å². The Hall–Kier alpha value is -0.610. The van der Waals surface area contributed by atoms with E-state index in [9.17, 15) is 9.90 Å². The van der Waals surface area contributed by atoms with Crippen LogP contribution in [-0.4, -0.2) is 41.7 Å². The van der Waals surface area contributed by atoms with Crippen LogP contribution in [0.4, 0.5) is 0 Å². The second-order valence-corrected chi connectivity index (χ2v) is 6.36. The minimum absolute atomic E-state index is 0.00483. The predicted octanol–water partition coefficient (Wildman–Crippen LogP) is 1.51. The van der Waals surface area contributed by atoms with Gasteiger partial charge in [0.15, 0.2) is 0 Å². The van der Waals surface area contributed by atoms with Gasteiger partial charge in [-0.1, -0.05) is 19.3 Å². The van der Waals surface area contributed by atoms with Gasteiger partial charge in [-0.25, -0.2) is 0 Å². The van der Waals surface area contributed by atoms with Gasteiger partial charge in [0.2, 0.25) is 5.91 Å². The topological polar surface area (TPSA) is 66.6 Å². The SMILES string of the molecule is CN(C(=O)CC1(CN)CCCCC1)C(C)(C)CO. The molecule has 0 saturated heterocycles. The first-order valence-corrected chi connectivity index (χ1v) is 6.94. The first-order chi connectivity index (χ1) is 8.37. The van der Waals surface area contributed by atoms with E-state index in [1.54, 1.807) is 11.9 Å². The summed E-state index contributed by atoms with van der Waals surface area (Å²) < 4.78 is 0. The molecule has 0 aromatic heterocycles. The third-order valence-corrected chi connectivity index (χ3v) is 4.54. The van der Waals surface area contributed by atoms with Crippen molar-refractivity contribution in [1.29, 1.82) is 0 Å². The van der Waals surface area contributed by atoms with Crippen molar-refractivity contribution in [3.8, 4) is 0 Å². The molecule has 1 saturated carbocycles. The minimum Gasteiger partial charge on any atom is -0.394 e. The van der Waals surface area contributed by atoms with Crippen molar-refractivity contribution in [1.82, 2.24) is 4.90 Å². The van der Waals surface area contributed by atoms with Crippen LogP contribution in [0.3, 0.4) is 0 Å². The quantitative estimate of drug-likeness (QED) is 0.783. The van der Waals surface area contributed by atoms with E-state index >= 15 is 0 Å². The van der Waals surface area contributed by atoms with Gasteiger partial charge in [-0.15, -0.1) is 0 Å². The van der Waals surface area contributed by atoms with Gasteiger partial charge in [0.05, 0.1) is 12.1 Å². The Morgan fingerprint density at radius 3 is 2.33 bits per heavy atom. The van der Waals surface area contributed by atoms with Gasteiger partial charge in [0, 0.05) is 13.5 Å². The summed E-state index contributed by atoms with van der Waals surface area (Å²) in [5.41, 5.74) is 5.40. The molecule has 3 N–H and O–H groups in total. The van der Waals surface area contributed by atoms with E-state index in [2.05, 4.69) is 0 Å². The minimum atomic E-state index is -0.498. The molecule has 1 aliphatic rings. The van der Waals surface area contributed by atoms with Crippen LogP contribution in [0.25, 0.3) is 0 Å². The number of nitrogens with two attached hydrogens (primary N) is 1. The number of nitrogens with zero attached hydrogens (tertiary/aromatic N) is 1. The molecule has 1 amide bonds. The van der Waals surface area contributed by atoms with Gasteiger partial charge in [0.1, 0.15) is 0 Å². The number of aliphatic hydroxyl groups excluding tert-OH is 1. The third kappa shape index (κ3) is 3.45. The van der Waals surface area contributed by atoms with E-state index in [1.165, 1.54) is 19.3 Å². The molecule has 1 aliphatic carbocycles. The fourth-order valence-corrected chi connectivity index (χ4v) is 2.64. The maximum atomic E-state index is 12.3. The molecule has 0 aromatic carbocycles. The Morgan fingerprint density at radius 2 is 1.89 bits per heavy atom. The Kier molecular flexibility index (Phi) is 5.17. The average Bonchev–Trinajstić information content (AvgIpc) is 2.38. The fraction of sp³-hybridized carbons (Fsp3) is 0.929. The van der Waals surface area contributed by atoms with Crippen LogP contribution in [0, 0.1) is 5.41 Å². The van der Waals surface area contributed by atoms with Gasteiger partial charge in [0.25, 0.3) is 0 Å². The second kappa shape index (κ2) is 6.02. The van der Waals surface area contributed by atoms with Crippen LogP contribution < -0.4 is 5.73 Å². The largest absolute Gasteiger partial charge is 0.394 e. The number of carbonyl (C=O) groups is 1. The summed E-state index contributed by atoms with van der Waals surface area (Å²) in [5, 5.41) is 9.32. The number of amides is 1. The second-order valence-electron chi connectivity index (χ2n) is 6.36. The molecular formula is C14H28N2O2. The van der Waals surface area contributed by atoms with E-state index in [1.807, 2.05) is 13.8 Å². The van der Waals surface area contributed by atoms with Crippen LogP contribution in [0.15, 0.2) is 0 Å². The molecule has 4 heteroatoms. The van der Waals surface area contributed by atoms with Crippen molar-refractivity contribution < 1.29 is 9.90 Å². The van der Waals surface area contributed by atoms with Crippen molar-refractivity contribution in [3.05, 3.63) is 0 Å². The zero-order valence-corrected chi connectivity index (χ0v) is 12.0. The number of rotatable bonds is 5. The highest BCUT2D eigenvalue weighted by Crippen LogP contribution is 2.39. The summed E-state index contributed by atoms with van der Waals surface area (Å²) in [6, 6.07) is 0. The molecule has 0 aliphatic heterocycles. The lowest BCUT2D eigenvalue weighted by atomic mass is 9.71. The Morgan fingerprint density at radius 1 is 1.33 bits per heavy atom. The molecule has 0 unspecified atom stereocenters. The molecule has 1 fully saturated rings. The Balaban J connectivity index is 2.67. The standard InChI is InChI=1S/C14H28N2O2/c1-13(2,11-17)16(3)12(18)9-14(10-15)7-5-4-6-8-14/h17H,4-11,15H2,1-3H3. The molecule has 18 heavy (non-hydrogen) atoms. The summed E-state index contributed by atoms with van der Waals surface area (Å²) in [4.78, 5) is 14.0. The maximum Gasteiger partial charge on any atom is 0.223 e. The lowest BCUT2D eigenvalue weighted by Crippen LogP contribution is -2.50. The number of carbonyl (C=O) groups excluding carboxylic acids is 1. The highest BCUT2D eigenvalue weighted by molar-refractivity contribution is 5.77. The van der Waals surface area contributed by atoms with Crippen molar-refractivity contribution in [3.63, 3.8) is 0 Å². The summed E-state index contributed by atoms with van der Waals surface area (Å²) in [7, 11) is 1.77. The zero-order valence-electron chi connectivity index (χ0n) is 12.0. The first-order valence-electron chi connectivity index (χ1n) is 6.94. The van der Waals surface area contributed by atoms with E-state index in [4.69, 9.17) is 5.73 Å². The molecule has 0 aromatic rings. The third-order valence-electron chi connectivity index (χ3n) is 4.54.